The Bertz CT molecular complexity index is 1510. The highest BCUT2D eigenvalue weighted by Crippen LogP contribution is 2.30. The number of hydrogen-bond donors (Lipinski definition) is 1. The van der Waals surface area contributed by atoms with Crippen molar-refractivity contribution in [3.8, 4) is 16.9 Å². The SMILES string of the molecule is CN1CCN(c2cccc(Nc3ncc4cccc(-c5ccc(OCc6ccccc6)cc5)c4n3)c2)CC1. The molecule has 1 aliphatic heterocycles. The molecule has 0 bridgehead atoms. The van der Waals surface area contributed by atoms with Crippen LogP contribution in [0.2, 0.25) is 0 Å². The monoisotopic (exact) mass is 501 g/mol. The molecule has 6 rings (SSSR count). The number of aromatic nitrogens is 2. The van der Waals surface area contributed by atoms with Crippen molar-refractivity contribution >= 4 is 28.2 Å². The van der Waals surface area contributed by atoms with Crippen molar-refractivity contribution in [1.29, 1.82) is 0 Å². The molecular weight excluding hydrogens is 470 g/mol. The lowest BCUT2D eigenvalue weighted by Crippen LogP contribution is -2.44. The van der Waals surface area contributed by atoms with Crippen LogP contribution in [-0.4, -0.2) is 48.1 Å². The van der Waals surface area contributed by atoms with Gasteiger partial charge in [0.25, 0.3) is 0 Å². The Morgan fingerprint density at radius 3 is 2.42 bits per heavy atom. The Labute approximate surface area is 223 Å². The second-order valence-corrected chi connectivity index (χ2v) is 9.70. The van der Waals surface area contributed by atoms with Crippen molar-refractivity contribution in [1.82, 2.24) is 14.9 Å². The van der Waals surface area contributed by atoms with Gasteiger partial charge in [0.2, 0.25) is 5.95 Å². The molecule has 6 nitrogen and oxygen atoms in total. The van der Waals surface area contributed by atoms with Gasteiger partial charge in [-0.1, -0.05) is 66.7 Å². The molecule has 4 aromatic carbocycles. The molecule has 0 unspecified atom stereocenters. The maximum atomic E-state index is 5.97. The van der Waals surface area contributed by atoms with Gasteiger partial charge in [0.05, 0.1) is 5.52 Å². The van der Waals surface area contributed by atoms with Gasteiger partial charge in [-0.2, -0.15) is 0 Å². The van der Waals surface area contributed by atoms with Crippen LogP contribution in [0.4, 0.5) is 17.3 Å². The van der Waals surface area contributed by atoms with Gasteiger partial charge in [-0.15, -0.1) is 0 Å². The van der Waals surface area contributed by atoms with Gasteiger partial charge < -0.3 is 19.9 Å². The van der Waals surface area contributed by atoms with E-state index in [1.165, 1.54) is 5.69 Å². The normalized spacial score (nSPS) is 14.0. The summed E-state index contributed by atoms with van der Waals surface area (Å²) in [6.07, 6.45) is 1.88. The molecule has 190 valence electrons. The highest BCUT2D eigenvalue weighted by molar-refractivity contribution is 5.94. The number of ether oxygens (including phenoxy) is 1. The van der Waals surface area contributed by atoms with Gasteiger partial charge in [0.1, 0.15) is 12.4 Å². The van der Waals surface area contributed by atoms with Crippen LogP contribution in [0.3, 0.4) is 0 Å². The van der Waals surface area contributed by atoms with Gasteiger partial charge in [0.15, 0.2) is 0 Å². The second kappa shape index (κ2) is 10.9. The summed E-state index contributed by atoms with van der Waals surface area (Å²) in [5.74, 6) is 1.43. The molecule has 0 spiro atoms. The van der Waals surface area contributed by atoms with E-state index in [1.54, 1.807) is 0 Å². The molecule has 0 atom stereocenters. The zero-order valence-corrected chi connectivity index (χ0v) is 21.5. The highest BCUT2D eigenvalue weighted by atomic mass is 16.5. The molecule has 0 saturated carbocycles. The van der Waals surface area contributed by atoms with Crippen LogP contribution in [0.5, 0.6) is 5.75 Å². The Morgan fingerprint density at radius 1 is 0.816 bits per heavy atom. The summed E-state index contributed by atoms with van der Waals surface area (Å²) in [5.41, 5.74) is 6.42. The lowest BCUT2D eigenvalue weighted by Gasteiger charge is -2.34. The number of rotatable bonds is 7. The number of hydrogen-bond acceptors (Lipinski definition) is 6. The molecular formula is C32H31N5O. The third-order valence-electron chi connectivity index (χ3n) is 7.00. The van der Waals surface area contributed by atoms with Gasteiger partial charge in [-0.05, 0) is 48.5 Å². The van der Waals surface area contributed by atoms with Crippen molar-refractivity contribution in [2.45, 2.75) is 6.61 Å². The minimum absolute atomic E-state index is 0.548. The maximum absolute atomic E-state index is 5.97. The minimum Gasteiger partial charge on any atom is -0.489 e. The number of nitrogens with one attached hydrogen (secondary N) is 1. The summed E-state index contributed by atoms with van der Waals surface area (Å²) in [4.78, 5) is 14.3. The largest absolute Gasteiger partial charge is 0.489 e. The minimum atomic E-state index is 0.548. The van der Waals surface area contributed by atoms with Gasteiger partial charge in [-0.25, -0.2) is 9.97 Å². The maximum Gasteiger partial charge on any atom is 0.227 e. The standard InChI is InChI=1S/C32H31N5O/c1-36-17-19-37(20-18-36)28-11-6-10-27(21-28)34-32-33-22-26-9-5-12-30(31(26)35-32)25-13-15-29(16-14-25)38-23-24-7-3-2-4-8-24/h2-16,21-22H,17-20,23H2,1H3,(H,33,34,35). The van der Waals surface area contributed by atoms with Crippen LogP contribution in [0.15, 0.2) is 103 Å². The van der Waals surface area contributed by atoms with E-state index in [-0.39, 0.29) is 0 Å². The summed E-state index contributed by atoms with van der Waals surface area (Å²) in [6, 6.07) is 33.1. The van der Waals surface area contributed by atoms with Crippen LogP contribution in [-0.2, 0) is 6.61 Å². The first kappa shape index (κ1) is 23.9. The molecule has 5 aromatic rings. The van der Waals surface area contributed by atoms with E-state index in [0.29, 0.717) is 12.6 Å². The first-order valence-corrected chi connectivity index (χ1v) is 13.0. The number of para-hydroxylation sites is 1. The summed E-state index contributed by atoms with van der Waals surface area (Å²) in [7, 11) is 2.18. The third kappa shape index (κ3) is 5.45. The Morgan fingerprint density at radius 2 is 1.61 bits per heavy atom. The molecule has 1 N–H and O–H groups in total. The van der Waals surface area contributed by atoms with Crippen molar-refractivity contribution in [3.63, 3.8) is 0 Å². The van der Waals surface area contributed by atoms with E-state index in [4.69, 9.17) is 9.72 Å². The van der Waals surface area contributed by atoms with E-state index >= 15 is 0 Å². The number of anilines is 3. The molecule has 38 heavy (non-hydrogen) atoms. The fourth-order valence-corrected chi connectivity index (χ4v) is 4.79. The van der Waals surface area contributed by atoms with Crippen molar-refractivity contribution in [2.24, 2.45) is 0 Å². The number of benzene rings is 4. The molecule has 0 aliphatic carbocycles. The van der Waals surface area contributed by atoms with Gasteiger partial charge in [-0.3, -0.25) is 0 Å². The van der Waals surface area contributed by atoms with Gasteiger partial charge >= 0.3 is 0 Å². The summed E-state index contributed by atoms with van der Waals surface area (Å²) < 4.78 is 5.97. The zero-order valence-electron chi connectivity index (χ0n) is 21.5. The first-order valence-electron chi connectivity index (χ1n) is 13.0. The lowest BCUT2D eigenvalue weighted by molar-refractivity contribution is 0.306. The van der Waals surface area contributed by atoms with E-state index in [9.17, 15) is 0 Å². The average Bonchev–Trinajstić information content (AvgIpc) is 2.97. The first-order chi connectivity index (χ1) is 18.7. The van der Waals surface area contributed by atoms with Crippen LogP contribution in [0.1, 0.15) is 5.56 Å². The molecule has 1 fully saturated rings. The quantitative estimate of drug-likeness (QED) is 0.280. The smallest absolute Gasteiger partial charge is 0.227 e. The number of nitrogens with zero attached hydrogens (tertiary/aromatic N) is 4. The molecule has 6 heteroatoms. The van der Waals surface area contributed by atoms with Crippen LogP contribution < -0.4 is 15.0 Å². The fraction of sp³-hybridized carbons (Fsp3) is 0.188. The van der Waals surface area contributed by atoms with E-state index in [2.05, 4.69) is 81.7 Å². The second-order valence-electron chi connectivity index (χ2n) is 9.70. The molecule has 0 radical (unpaired) electrons. The summed E-state index contributed by atoms with van der Waals surface area (Å²) in [5, 5.41) is 4.43. The lowest BCUT2D eigenvalue weighted by atomic mass is 10.0. The number of piperazine rings is 1. The van der Waals surface area contributed by atoms with Crippen LogP contribution in [0.25, 0.3) is 22.0 Å². The van der Waals surface area contributed by atoms with Crippen molar-refractivity contribution in [3.05, 3.63) is 109 Å². The third-order valence-corrected chi connectivity index (χ3v) is 7.00. The van der Waals surface area contributed by atoms with Crippen molar-refractivity contribution in [2.75, 3.05) is 43.4 Å². The van der Waals surface area contributed by atoms with Gasteiger partial charge in [0, 0.05) is 54.7 Å². The molecule has 1 aliphatic rings. The van der Waals surface area contributed by atoms with Crippen molar-refractivity contribution < 1.29 is 4.74 Å². The molecule has 1 aromatic heterocycles. The topological polar surface area (TPSA) is 53.5 Å². The Kier molecular flexibility index (Phi) is 6.87. The Balaban J connectivity index is 1.21. The van der Waals surface area contributed by atoms with Crippen LogP contribution in [0, 0.1) is 0 Å². The zero-order chi connectivity index (χ0) is 25.7. The predicted octanol–water partition coefficient (Wildman–Crippen LogP) is 6.37. The molecule has 0 amide bonds. The van der Waals surface area contributed by atoms with E-state index in [0.717, 1.165) is 65.2 Å². The summed E-state index contributed by atoms with van der Waals surface area (Å²) in [6.45, 7) is 4.77. The molecule has 2 heterocycles. The number of likely N-dealkylation sites (N-methyl/N-ethyl adjacent to an activating group) is 1. The molecule has 1 saturated heterocycles. The van der Waals surface area contributed by atoms with E-state index in [1.807, 2.05) is 48.7 Å². The number of fused-ring (bicyclic) bond motifs is 1. The van der Waals surface area contributed by atoms with E-state index < -0.39 is 0 Å². The summed E-state index contributed by atoms with van der Waals surface area (Å²) >= 11 is 0. The Hall–Kier alpha value is -4.42. The predicted molar refractivity (Wildman–Crippen MR) is 155 cm³/mol. The average molecular weight is 502 g/mol. The fourth-order valence-electron chi connectivity index (χ4n) is 4.79. The highest BCUT2D eigenvalue weighted by Gasteiger charge is 2.15. The van der Waals surface area contributed by atoms with Crippen LogP contribution >= 0.6 is 0 Å².